The molecule has 3 amide bonds. The Morgan fingerprint density at radius 3 is 2.45 bits per heavy atom. The van der Waals surface area contributed by atoms with Crippen molar-refractivity contribution in [3.8, 4) is 0 Å². The second-order valence-corrected chi connectivity index (χ2v) is 8.76. The van der Waals surface area contributed by atoms with Crippen molar-refractivity contribution in [2.24, 2.45) is 5.92 Å². The highest BCUT2D eigenvalue weighted by Crippen LogP contribution is 2.20. The first-order chi connectivity index (χ1) is 13.5. The number of benzene rings is 1. The predicted molar refractivity (Wildman–Crippen MR) is 113 cm³/mol. The van der Waals surface area contributed by atoms with E-state index in [1.807, 2.05) is 37.8 Å². The summed E-state index contributed by atoms with van der Waals surface area (Å²) in [7, 11) is 1.74. The molecule has 1 saturated heterocycles. The lowest BCUT2D eigenvalue weighted by Gasteiger charge is -2.35. The molecule has 7 heteroatoms. The summed E-state index contributed by atoms with van der Waals surface area (Å²) in [6, 6.07) is 7.33. The average Bonchev–Trinajstić information content (AvgIpc) is 2.61. The Morgan fingerprint density at radius 2 is 1.86 bits per heavy atom. The Kier molecular flexibility index (Phi) is 7.65. The van der Waals surface area contributed by atoms with Crippen LogP contribution in [0.5, 0.6) is 0 Å². The number of hydrogen-bond donors (Lipinski definition) is 1. The van der Waals surface area contributed by atoms with Crippen molar-refractivity contribution in [2.45, 2.75) is 52.6 Å². The van der Waals surface area contributed by atoms with Gasteiger partial charge in [-0.3, -0.25) is 9.59 Å². The molecule has 7 nitrogen and oxygen atoms in total. The predicted octanol–water partition coefficient (Wildman–Crippen LogP) is 3.29. The number of piperidine rings is 1. The van der Waals surface area contributed by atoms with Crippen LogP contribution in [-0.4, -0.2) is 60.0 Å². The molecule has 1 atom stereocenters. The van der Waals surface area contributed by atoms with Gasteiger partial charge in [0.1, 0.15) is 5.60 Å². The second-order valence-electron chi connectivity index (χ2n) is 8.76. The van der Waals surface area contributed by atoms with E-state index in [4.69, 9.17) is 4.74 Å². The summed E-state index contributed by atoms with van der Waals surface area (Å²) in [6.45, 7) is 8.98. The zero-order valence-electron chi connectivity index (χ0n) is 18.2. The van der Waals surface area contributed by atoms with Crippen molar-refractivity contribution < 1.29 is 19.1 Å². The Labute approximate surface area is 173 Å². The van der Waals surface area contributed by atoms with Crippen LogP contribution in [-0.2, 0) is 20.7 Å². The van der Waals surface area contributed by atoms with Gasteiger partial charge in [-0.2, -0.15) is 0 Å². The molecular weight excluding hydrogens is 370 g/mol. The lowest BCUT2D eigenvalue weighted by Crippen LogP contribution is -2.45. The van der Waals surface area contributed by atoms with Crippen LogP contribution in [0.2, 0.25) is 0 Å². The van der Waals surface area contributed by atoms with Crippen LogP contribution >= 0.6 is 0 Å². The SMILES string of the molecule is CC(=O)Nc1ccc(CC(=O)N2CCCC(CN(C)C(=O)OC(C)(C)C)C2)cc1. The summed E-state index contributed by atoms with van der Waals surface area (Å²) in [4.78, 5) is 39.5. The number of likely N-dealkylation sites (tertiary alicyclic amines) is 1. The van der Waals surface area contributed by atoms with Gasteiger partial charge in [-0.05, 0) is 57.2 Å². The van der Waals surface area contributed by atoms with Crippen molar-refractivity contribution in [1.29, 1.82) is 0 Å². The van der Waals surface area contributed by atoms with Gasteiger partial charge in [0.05, 0.1) is 6.42 Å². The molecule has 1 N–H and O–H groups in total. The normalized spacial score (nSPS) is 16.9. The lowest BCUT2D eigenvalue weighted by molar-refractivity contribution is -0.132. The fraction of sp³-hybridized carbons (Fsp3) is 0.591. The number of anilines is 1. The van der Waals surface area contributed by atoms with Crippen molar-refractivity contribution in [1.82, 2.24) is 9.80 Å². The molecule has 0 aliphatic carbocycles. The van der Waals surface area contributed by atoms with E-state index in [-0.39, 0.29) is 23.8 Å². The maximum atomic E-state index is 12.7. The van der Waals surface area contributed by atoms with E-state index in [0.29, 0.717) is 19.5 Å². The topological polar surface area (TPSA) is 79.0 Å². The molecule has 0 bridgehead atoms. The zero-order valence-corrected chi connectivity index (χ0v) is 18.2. The Bertz CT molecular complexity index is 725. The minimum Gasteiger partial charge on any atom is -0.444 e. The first-order valence-corrected chi connectivity index (χ1v) is 10.1. The van der Waals surface area contributed by atoms with Gasteiger partial charge in [-0.1, -0.05) is 12.1 Å². The van der Waals surface area contributed by atoms with Gasteiger partial charge in [0.15, 0.2) is 0 Å². The first-order valence-electron chi connectivity index (χ1n) is 10.1. The third kappa shape index (κ3) is 7.75. The van der Waals surface area contributed by atoms with Crippen LogP contribution < -0.4 is 5.32 Å². The number of nitrogens with zero attached hydrogens (tertiary/aromatic N) is 2. The fourth-order valence-electron chi connectivity index (χ4n) is 3.44. The summed E-state index contributed by atoms with van der Waals surface area (Å²) in [5.41, 5.74) is 1.11. The molecule has 1 aliphatic heterocycles. The van der Waals surface area contributed by atoms with Crippen LogP contribution in [0.4, 0.5) is 10.5 Å². The van der Waals surface area contributed by atoms with Crippen LogP contribution in [0.3, 0.4) is 0 Å². The number of nitrogens with one attached hydrogen (secondary N) is 1. The van der Waals surface area contributed by atoms with Crippen LogP contribution in [0.25, 0.3) is 0 Å². The van der Waals surface area contributed by atoms with Gasteiger partial charge >= 0.3 is 6.09 Å². The zero-order chi connectivity index (χ0) is 21.6. The molecule has 0 spiro atoms. The highest BCUT2D eigenvalue weighted by molar-refractivity contribution is 5.88. The summed E-state index contributed by atoms with van der Waals surface area (Å²) in [5.74, 6) is 0.207. The second kappa shape index (κ2) is 9.76. The molecule has 1 aliphatic rings. The molecule has 0 aromatic heterocycles. The summed E-state index contributed by atoms with van der Waals surface area (Å²) in [6.07, 6.45) is 1.91. The highest BCUT2D eigenvalue weighted by atomic mass is 16.6. The third-order valence-corrected chi connectivity index (χ3v) is 4.74. The molecule has 1 unspecified atom stereocenters. The van der Waals surface area contributed by atoms with Crippen LogP contribution in [0, 0.1) is 5.92 Å². The minimum atomic E-state index is -0.518. The number of carbonyl (C=O) groups excluding carboxylic acids is 3. The number of hydrogen-bond acceptors (Lipinski definition) is 4. The monoisotopic (exact) mass is 403 g/mol. The maximum Gasteiger partial charge on any atom is 0.410 e. The smallest absolute Gasteiger partial charge is 0.410 e. The van der Waals surface area contributed by atoms with Gasteiger partial charge in [0.2, 0.25) is 11.8 Å². The fourth-order valence-corrected chi connectivity index (χ4v) is 3.44. The van der Waals surface area contributed by atoms with Gasteiger partial charge in [-0.25, -0.2) is 4.79 Å². The van der Waals surface area contributed by atoms with E-state index in [0.717, 1.165) is 30.6 Å². The standard InChI is InChI=1S/C22H33N3O4/c1-16(26)23-19-10-8-17(9-11-19)13-20(27)25-12-6-7-18(15-25)14-24(5)21(28)29-22(2,3)4/h8-11,18H,6-7,12-15H2,1-5H3,(H,23,26). The summed E-state index contributed by atoms with van der Waals surface area (Å²) >= 11 is 0. The van der Waals surface area contributed by atoms with E-state index in [1.165, 1.54) is 6.92 Å². The van der Waals surface area contributed by atoms with Crippen LogP contribution in [0.1, 0.15) is 46.1 Å². The Balaban J connectivity index is 1.87. The molecule has 1 fully saturated rings. The molecule has 1 aromatic carbocycles. The van der Waals surface area contributed by atoms with Crippen molar-refractivity contribution >= 4 is 23.6 Å². The third-order valence-electron chi connectivity index (χ3n) is 4.74. The number of amides is 3. The van der Waals surface area contributed by atoms with E-state index >= 15 is 0 Å². The number of ether oxygens (including phenoxy) is 1. The molecule has 1 heterocycles. The van der Waals surface area contributed by atoms with Gasteiger partial charge in [0.25, 0.3) is 0 Å². The number of carbonyl (C=O) groups is 3. The lowest BCUT2D eigenvalue weighted by atomic mass is 9.97. The quantitative estimate of drug-likeness (QED) is 0.818. The summed E-state index contributed by atoms with van der Waals surface area (Å²) < 4.78 is 5.41. The van der Waals surface area contributed by atoms with Crippen LogP contribution in [0.15, 0.2) is 24.3 Å². The van der Waals surface area contributed by atoms with E-state index in [9.17, 15) is 14.4 Å². The van der Waals surface area contributed by atoms with E-state index in [1.54, 1.807) is 24.1 Å². The van der Waals surface area contributed by atoms with Crippen molar-refractivity contribution in [2.75, 3.05) is 32.0 Å². The van der Waals surface area contributed by atoms with Gasteiger partial charge in [-0.15, -0.1) is 0 Å². The van der Waals surface area contributed by atoms with E-state index < -0.39 is 5.60 Å². The molecular formula is C22H33N3O4. The molecule has 0 radical (unpaired) electrons. The molecule has 160 valence electrons. The van der Waals surface area contributed by atoms with Crippen molar-refractivity contribution in [3.63, 3.8) is 0 Å². The molecule has 29 heavy (non-hydrogen) atoms. The Hall–Kier alpha value is -2.57. The van der Waals surface area contributed by atoms with Crippen molar-refractivity contribution in [3.05, 3.63) is 29.8 Å². The maximum absolute atomic E-state index is 12.7. The Morgan fingerprint density at radius 1 is 1.21 bits per heavy atom. The first kappa shape index (κ1) is 22.7. The van der Waals surface area contributed by atoms with Gasteiger partial charge < -0.3 is 19.9 Å². The largest absolute Gasteiger partial charge is 0.444 e. The molecule has 0 saturated carbocycles. The molecule has 2 rings (SSSR count). The van der Waals surface area contributed by atoms with Gasteiger partial charge in [0, 0.05) is 39.3 Å². The summed E-state index contributed by atoms with van der Waals surface area (Å²) in [5, 5.41) is 2.72. The molecule has 1 aromatic rings. The highest BCUT2D eigenvalue weighted by Gasteiger charge is 2.27. The number of rotatable bonds is 5. The average molecular weight is 404 g/mol. The minimum absolute atomic E-state index is 0.0851. The van der Waals surface area contributed by atoms with E-state index in [2.05, 4.69) is 5.32 Å².